The van der Waals surface area contributed by atoms with Crippen LogP contribution < -0.4 is 9.47 Å². The molecular weight excluding hydrogens is 356 g/mol. The second kappa shape index (κ2) is 7.41. The van der Waals surface area contributed by atoms with E-state index in [9.17, 15) is 9.59 Å². The first-order valence-corrected chi connectivity index (χ1v) is 10.1. The molecule has 0 spiro atoms. The van der Waals surface area contributed by atoms with Crippen molar-refractivity contribution < 1.29 is 23.8 Å². The maximum Gasteiger partial charge on any atom is 0.343 e. The van der Waals surface area contributed by atoms with Gasteiger partial charge in [-0.25, -0.2) is 4.79 Å². The normalized spacial score (nSPS) is 27.6. The maximum absolute atomic E-state index is 13.1. The number of hydrogen-bond acceptors (Lipinski definition) is 5. The van der Waals surface area contributed by atoms with Crippen molar-refractivity contribution in [2.75, 3.05) is 14.2 Å². The molecule has 0 unspecified atom stereocenters. The summed E-state index contributed by atoms with van der Waals surface area (Å²) in [6.07, 6.45) is 1.07. The van der Waals surface area contributed by atoms with E-state index in [1.54, 1.807) is 6.07 Å². The average Bonchev–Trinajstić information content (AvgIpc) is 2.99. The van der Waals surface area contributed by atoms with Crippen molar-refractivity contribution in [3.05, 3.63) is 23.3 Å². The van der Waals surface area contributed by atoms with Crippen LogP contribution in [-0.2, 0) is 9.53 Å². The number of benzene rings is 1. The summed E-state index contributed by atoms with van der Waals surface area (Å²) in [6.45, 7) is 11.0. The summed E-state index contributed by atoms with van der Waals surface area (Å²) >= 11 is 0. The number of fused-ring (bicyclic) bond motifs is 1. The summed E-state index contributed by atoms with van der Waals surface area (Å²) in [4.78, 5) is 25.8. The number of carbonyl (C=O) groups excluding carboxylic acids is 2. The Labute approximate surface area is 167 Å². The molecule has 1 aromatic rings. The van der Waals surface area contributed by atoms with E-state index in [0.29, 0.717) is 28.9 Å². The zero-order chi connectivity index (χ0) is 20.8. The van der Waals surface area contributed by atoms with Gasteiger partial charge < -0.3 is 14.2 Å². The molecule has 5 heteroatoms. The van der Waals surface area contributed by atoms with Crippen LogP contribution in [0.5, 0.6) is 11.5 Å². The number of esters is 1. The van der Waals surface area contributed by atoms with Crippen molar-refractivity contribution in [3.63, 3.8) is 0 Å². The van der Waals surface area contributed by atoms with Crippen LogP contribution in [0.1, 0.15) is 69.5 Å². The van der Waals surface area contributed by atoms with Crippen LogP contribution in [0.3, 0.4) is 0 Å². The monoisotopic (exact) mass is 388 g/mol. The molecule has 1 fully saturated rings. The second-order valence-electron chi connectivity index (χ2n) is 9.15. The van der Waals surface area contributed by atoms with Crippen molar-refractivity contribution in [2.24, 2.45) is 29.1 Å². The Kier molecular flexibility index (Phi) is 5.48. The number of ketones is 1. The SMILES string of the molecule is COc1ccc2c(c1OC)C(=O)O[C@H]2[C@H]1C[C@@H](C(C)(C)C(C)C)C[C@@H](C)C1=O. The summed E-state index contributed by atoms with van der Waals surface area (Å²) < 4.78 is 16.5. The molecule has 28 heavy (non-hydrogen) atoms. The maximum atomic E-state index is 13.1. The fourth-order valence-electron chi connectivity index (χ4n) is 4.71. The fraction of sp³-hybridized carbons (Fsp3) is 0.652. The molecule has 0 amide bonds. The Morgan fingerprint density at radius 1 is 1.11 bits per heavy atom. The number of Topliss-reactive ketones (excluding diaryl/α,β-unsaturated/α-hetero) is 1. The smallest absolute Gasteiger partial charge is 0.343 e. The molecule has 5 nitrogen and oxygen atoms in total. The first-order chi connectivity index (χ1) is 13.1. The summed E-state index contributed by atoms with van der Waals surface area (Å²) in [5.41, 5.74) is 1.23. The van der Waals surface area contributed by atoms with Crippen LogP contribution in [-0.4, -0.2) is 26.0 Å². The van der Waals surface area contributed by atoms with Gasteiger partial charge in [0.05, 0.1) is 20.1 Å². The van der Waals surface area contributed by atoms with Crippen molar-refractivity contribution in [2.45, 2.75) is 53.6 Å². The van der Waals surface area contributed by atoms with Gasteiger partial charge in [-0.05, 0) is 36.2 Å². The number of rotatable bonds is 5. The summed E-state index contributed by atoms with van der Waals surface area (Å²) in [7, 11) is 3.04. The van der Waals surface area contributed by atoms with Crippen LogP contribution in [0.15, 0.2) is 12.1 Å². The second-order valence-corrected chi connectivity index (χ2v) is 9.15. The third-order valence-electron chi connectivity index (χ3n) is 7.26. The zero-order valence-corrected chi connectivity index (χ0v) is 18.0. The third kappa shape index (κ3) is 3.19. The van der Waals surface area contributed by atoms with Crippen molar-refractivity contribution in [1.29, 1.82) is 0 Å². The van der Waals surface area contributed by atoms with Crippen LogP contribution in [0.4, 0.5) is 0 Å². The number of carbonyl (C=O) groups is 2. The van der Waals surface area contributed by atoms with E-state index in [0.717, 1.165) is 18.4 Å². The van der Waals surface area contributed by atoms with Gasteiger partial charge >= 0.3 is 5.97 Å². The minimum Gasteiger partial charge on any atom is -0.493 e. The molecule has 0 N–H and O–H groups in total. The molecule has 2 aliphatic rings. The highest BCUT2D eigenvalue weighted by Gasteiger charge is 2.49. The Morgan fingerprint density at radius 2 is 1.79 bits per heavy atom. The summed E-state index contributed by atoms with van der Waals surface area (Å²) in [6, 6.07) is 3.61. The lowest BCUT2D eigenvalue weighted by molar-refractivity contribution is -0.136. The predicted molar refractivity (Wildman–Crippen MR) is 107 cm³/mol. The van der Waals surface area contributed by atoms with E-state index >= 15 is 0 Å². The lowest BCUT2D eigenvalue weighted by Gasteiger charge is -2.45. The van der Waals surface area contributed by atoms with Crippen LogP contribution in [0.25, 0.3) is 0 Å². The molecule has 1 saturated carbocycles. The number of cyclic esters (lactones) is 1. The summed E-state index contributed by atoms with van der Waals surface area (Å²) in [5, 5.41) is 0. The predicted octanol–water partition coefficient (Wildman–Crippen LogP) is 4.83. The van der Waals surface area contributed by atoms with E-state index < -0.39 is 12.1 Å². The largest absolute Gasteiger partial charge is 0.493 e. The molecule has 1 aliphatic heterocycles. The first kappa shape index (κ1) is 20.7. The Bertz CT molecular complexity index is 779. The highest BCUT2D eigenvalue weighted by Crippen LogP contribution is 2.52. The highest BCUT2D eigenvalue weighted by molar-refractivity contribution is 5.99. The van der Waals surface area contributed by atoms with E-state index in [-0.39, 0.29) is 23.0 Å². The van der Waals surface area contributed by atoms with Gasteiger partial charge in [-0.1, -0.05) is 40.7 Å². The van der Waals surface area contributed by atoms with Crippen LogP contribution in [0.2, 0.25) is 0 Å². The molecule has 1 aliphatic carbocycles. The van der Waals surface area contributed by atoms with Crippen molar-refractivity contribution >= 4 is 11.8 Å². The Balaban J connectivity index is 2.00. The molecule has 0 radical (unpaired) electrons. The first-order valence-electron chi connectivity index (χ1n) is 10.1. The minimum atomic E-state index is -0.553. The molecule has 154 valence electrons. The summed E-state index contributed by atoms with van der Waals surface area (Å²) in [5.74, 6) is 1.15. The van der Waals surface area contributed by atoms with Crippen molar-refractivity contribution in [1.82, 2.24) is 0 Å². The van der Waals surface area contributed by atoms with E-state index in [1.165, 1.54) is 14.2 Å². The molecule has 0 bridgehead atoms. The Hall–Kier alpha value is -2.04. The van der Waals surface area contributed by atoms with Gasteiger partial charge in [-0.3, -0.25) is 4.79 Å². The van der Waals surface area contributed by atoms with E-state index in [4.69, 9.17) is 14.2 Å². The van der Waals surface area contributed by atoms with E-state index in [2.05, 4.69) is 27.7 Å². The Morgan fingerprint density at radius 3 is 2.36 bits per heavy atom. The standard InChI is InChI=1S/C23H32O5/c1-12(2)23(4,5)14-10-13(3)19(24)16(11-14)20-15-8-9-17(26-6)21(27-7)18(15)22(25)28-20/h8-9,12-14,16,20H,10-11H2,1-7H3/t13-,14+,16+,20-/m1/s1. The fourth-order valence-corrected chi connectivity index (χ4v) is 4.71. The van der Waals surface area contributed by atoms with Gasteiger partial charge in [-0.15, -0.1) is 0 Å². The molecule has 1 aromatic carbocycles. The molecule has 0 aromatic heterocycles. The van der Waals surface area contributed by atoms with Gasteiger partial charge in [0, 0.05) is 11.5 Å². The van der Waals surface area contributed by atoms with Gasteiger partial charge in [0.25, 0.3) is 0 Å². The zero-order valence-electron chi connectivity index (χ0n) is 18.0. The lowest BCUT2D eigenvalue weighted by Crippen LogP contribution is -2.42. The number of hydrogen-bond donors (Lipinski definition) is 0. The lowest BCUT2D eigenvalue weighted by atomic mass is 9.60. The van der Waals surface area contributed by atoms with Crippen molar-refractivity contribution in [3.8, 4) is 11.5 Å². The van der Waals surface area contributed by atoms with Gasteiger partial charge in [0.1, 0.15) is 17.5 Å². The topological polar surface area (TPSA) is 61.8 Å². The molecule has 1 heterocycles. The third-order valence-corrected chi connectivity index (χ3v) is 7.26. The highest BCUT2D eigenvalue weighted by atomic mass is 16.6. The number of methoxy groups -OCH3 is 2. The van der Waals surface area contributed by atoms with Gasteiger partial charge in [0.2, 0.25) is 0 Å². The van der Waals surface area contributed by atoms with E-state index in [1.807, 2.05) is 13.0 Å². The molecule has 3 rings (SSSR count). The quantitative estimate of drug-likeness (QED) is 0.676. The molecule has 0 saturated heterocycles. The number of ether oxygens (including phenoxy) is 3. The molecule has 4 atom stereocenters. The van der Waals surface area contributed by atoms with Crippen LogP contribution in [0, 0.1) is 29.1 Å². The molecular formula is C23H32O5. The van der Waals surface area contributed by atoms with Crippen LogP contribution >= 0.6 is 0 Å². The van der Waals surface area contributed by atoms with Gasteiger partial charge in [-0.2, -0.15) is 0 Å². The average molecular weight is 389 g/mol. The van der Waals surface area contributed by atoms with Gasteiger partial charge in [0.15, 0.2) is 11.5 Å². The minimum absolute atomic E-state index is 0.0373.